The Morgan fingerprint density at radius 1 is 0.621 bits per heavy atom. The molecular weight excluding hydrogens is 853 g/mol. The van der Waals surface area contributed by atoms with Crippen LogP contribution in [0.4, 0.5) is 0 Å². The van der Waals surface area contributed by atoms with Gasteiger partial charge in [0.2, 0.25) is 0 Å². The number of hydrogen-bond acceptors (Lipinski definition) is 12. The second kappa shape index (κ2) is 19.6. The average Bonchev–Trinajstić information content (AvgIpc) is 3.85. The van der Waals surface area contributed by atoms with Crippen molar-refractivity contribution in [1.29, 1.82) is 0 Å². The molecule has 0 unspecified atom stereocenters. The van der Waals surface area contributed by atoms with Gasteiger partial charge in [-0.05, 0) is 12.1 Å². The number of carboxylic acid groups (broad SMARTS) is 2. The van der Waals surface area contributed by atoms with Crippen LogP contribution in [0.25, 0.3) is 44.6 Å². The number of methoxy groups -OCH3 is 4. The number of benzene rings is 2. The highest BCUT2D eigenvalue weighted by atomic mass is 16.5. The van der Waals surface area contributed by atoms with Gasteiger partial charge >= 0.3 is 11.9 Å². The molecular formula is C48H58N6O12. The standard InChI is InChI=1S/2C24H29N3O6/c2*1-24(2,14-32-4)20-13-27-22(17-11-18(28)16(23(29)30)12-26(17)20)15-7-5-8-19(21(15)25-27)33-10-6-9-31-3/h2*5,7-8,11-12,20H,6,9-10,13-14H2,1-4H3,(H,29,30)/t2*20-/m10/s1. The summed E-state index contributed by atoms with van der Waals surface area (Å²) in [5.74, 6) is -1.16. The lowest BCUT2D eigenvalue weighted by Crippen LogP contribution is -2.39. The third-order valence-corrected chi connectivity index (χ3v) is 12.3. The van der Waals surface area contributed by atoms with E-state index >= 15 is 0 Å². The summed E-state index contributed by atoms with van der Waals surface area (Å²) < 4.78 is 40.6. The second-order valence-electron chi connectivity index (χ2n) is 17.9. The van der Waals surface area contributed by atoms with Crippen molar-refractivity contribution in [3.63, 3.8) is 0 Å². The van der Waals surface area contributed by atoms with E-state index in [2.05, 4.69) is 27.7 Å². The summed E-state index contributed by atoms with van der Waals surface area (Å²) in [5.41, 5.74) is 1.91. The highest BCUT2D eigenvalue weighted by Crippen LogP contribution is 2.45. The molecule has 8 rings (SSSR count). The van der Waals surface area contributed by atoms with Crippen LogP contribution in [0, 0.1) is 10.8 Å². The molecule has 66 heavy (non-hydrogen) atoms. The molecule has 4 aromatic heterocycles. The predicted octanol–water partition coefficient (Wildman–Crippen LogP) is 6.41. The topological polar surface area (TPSA) is 210 Å². The molecule has 0 saturated heterocycles. The van der Waals surface area contributed by atoms with Gasteiger partial charge in [-0.2, -0.15) is 10.2 Å². The number of fused-ring (bicyclic) bond motifs is 10. The zero-order valence-corrected chi connectivity index (χ0v) is 38.7. The molecule has 18 heteroatoms. The minimum Gasteiger partial charge on any atom is -0.491 e. The first-order valence-electron chi connectivity index (χ1n) is 21.8. The minimum atomic E-state index is -1.24. The van der Waals surface area contributed by atoms with Crippen LogP contribution in [0.1, 0.15) is 73.3 Å². The van der Waals surface area contributed by atoms with Crippen LogP contribution >= 0.6 is 0 Å². The van der Waals surface area contributed by atoms with Gasteiger partial charge in [-0.1, -0.05) is 52.0 Å². The van der Waals surface area contributed by atoms with Crippen molar-refractivity contribution in [3.05, 3.63) is 92.5 Å². The molecule has 0 saturated carbocycles. The fourth-order valence-electron chi connectivity index (χ4n) is 9.06. The molecule has 352 valence electrons. The van der Waals surface area contributed by atoms with E-state index in [-0.39, 0.29) is 34.0 Å². The van der Waals surface area contributed by atoms with Crippen LogP contribution in [0.3, 0.4) is 0 Å². The van der Waals surface area contributed by atoms with Crippen LogP contribution in [0.2, 0.25) is 0 Å². The molecule has 2 aliphatic heterocycles. The van der Waals surface area contributed by atoms with Gasteiger partial charge in [0.05, 0.1) is 74.4 Å². The van der Waals surface area contributed by atoms with E-state index in [1.807, 2.05) is 54.9 Å². The van der Waals surface area contributed by atoms with Crippen LogP contribution < -0.4 is 20.3 Å². The molecule has 0 spiro atoms. The van der Waals surface area contributed by atoms with Gasteiger partial charge in [-0.25, -0.2) is 9.59 Å². The highest BCUT2D eigenvalue weighted by Gasteiger charge is 2.40. The number of pyridine rings is 2. The third-order valence-electron chi connectivity index (χ3n) is 12.3. The Morgan fingerprint density at radius 2 is 1.02 bits per heavy atom. The normalized spacial score (nSPS) is 15.3. The van der Waals surface area contributed by atoms with Gasteiger partial charge < -0.3 is 47.8 Å². The van der Waals surface area contributed by atoms with Gasteiger partial charge in [-0.3, -0.25) is 19.0 Å². The molecule has 2 N–H and O–H groups in total. The van der Waals surface area contributed by atoms with Crippen LogP contribution in [0.15, 0.2) is 70.5 Å². The van der Waals surface area contributed by atoms with Crippen molar-refractivity contribution >= 4 is 33.7 Å². The van der Waals surface area contributed by atoms with Gasteiger partial charge in [0, 0.05) is 101 Å². The molecule has 2 atom stereocenters. The summed E-state index contributed by atoms with van der Waals surface area (Å²) in [5, 5.41) is 30.5. The number of aromatic nitrogens is 6. The number of nitrogens with zero attached hydrogens (tertiary/aromatic N) is 6. The van der Waals surface area contributed by atoms with Crippen molar-refractivity contribution in [1.82, 2.24) is 28.7 Å². The minimum absolute atomic E-state index is 0.181. The number of aromatic carboxylic acids is 2. The average molecular weight is 911 g/mol. The van der Waals surface area contributed by atoms with Gasteiger partial charge in [0.1, 0.15) is 33.7 Å². The van der Waals surface area contributed by atoms with Crippen molar-refractivity contribution in [2.24, 2.45) is 10.8 Å². The summed E-state index contributed by atoms with van der Waals surface area (Å²) in [6, 6.07) is 13.9. The largest absolute Gasteiger partial charge is 0.491 e. The lowest BCUT2D eigenvalue weighted by Gasteiger charge is -2.40. The molecule has 0 aliphatic carbocycles. The Labute approximate surface area is 381 Å². The van der Waals surface area contributed by atoms with Gasteiger partial charge in [0.25, 0.3) is 0 Å². The fourth-order valence-corrected chi connectivity index (χ4v) is 9.06. The van der Waals surface area contributed by atoms with E-state index in [0.717, 1.165) is 35.0 Å². The lowest BCUT2D eigenvalue weighted by molar-refractivity contribution is 0.0530. The van der Waals surface area contributed by atoms with Crippen LogP contribution in [0.5, 0.6) is 11.5 Å². The molecule has 6 heterocycles. The Morgan fingerprint density at radius 3 is 1.36 bits per heavy atom. The Kier molecular flexibility index (Phi) is 14.2. The smallest absolute Gasteiger partial charge is 0.341 e. The molecule has 0 amide bonds. The van der Waals surface area contributed by atoms with Crippen molar-refractivity contribution in [2.75, 3.05) is 68.1 Å². The van der Waals surface area contributed by atoms with E-state index in [9.17, 15) is 29.4 Å². The molecule has 0 fully saturated rings. The Bertz CT molecular complexity index is 2680. The Balaban J connectivity index is 0.000000196. The summed E-state index contributed by atoms with van der Waals surface area (Å²) in [4.78, 5) is 48.8. The predicted molar refractivity (Wildman–Crippen MR) is 246 cm³/mol. The first-order valence-corrected chi connectivity index (χ1v) is 21.8. The van der Waals surface area contributed by atoms with Crippen molar-refractivity contribution in [2.45, 2.75) is 65.7 Å². The summed E-state index contributed by atoms with van der Waals surface area (Å²) >= 11 is 0. The van der Waals surface area contributed by atoms with Crippen molar-refractivity contribution < 1.29 is 48.2 Å². The lowest BCUT2D eigenvalue weighted by atomic mass is 9.83. The quantitative estimate of drug-likeness (QED) is 0.0894. The zero-order valence-electron chi connectivity index (χ0n) is 38.7. The second-order valence-corrected chi connectivity index (χ2v) is 17.9. The number of hydrogen-bond donors (Lipinski definition) is 2. The summed E-state index contributed by atoms with van der Waals surface area (Å²) in [6.45, 7) is 12.3. The maximum atomic E-state index is 12.7. The molecule has 6 aromatic rings. The Hall–Kier alpha value is -6.34. The highest BCUT2D eigenvalue weighted by molar-refractivity contribution is 5.98. The van der Waals surface area contributed by atoms with E-state index in [1.165, 1.54) is 24.5 Å². The first kappa shape index (κ1) is 47.6. The number of ether oxygens (including phenoxy) is 6. The number of carboxylic acids is 2. The van der Waals surface area contributed by atoms with Crippen molar-refractivity contribution in [3.8, 4) is 34.3 Å². The van der Waals surface area contributed by atoms with Gasteiger partial charge in [0.15, 0.2) is 10.9 Å². The SMILES string of the molecule is COCCCOc1cccc2c3n(nc12)C[C@@H](C(C)(C)COC)n1cc(C(=O)O)c(=O)cc1-3.COCCCOc1cccc2c3n(nc12)C[C@H](C(C)(C)COC)n1cc(C(=O)O)c(=O)cc1-3. The van der Waals surface area contributed by atoms with E-state index < -0.39 is 22.8 Å². The van der Waals surface area contributed by atoms with E-state index in [0.29, 0.717) is 86.7 Å². The summed E-state index contributed by atoms with van der Waals surface area (Å²) in [7, 11) is 6.59. The number of rotatable bonds is 18. The maximum absolute atomic E-state index is 12.7. The van der Waals surface area contributed by atoms with Gasteiger partial charge in [-0.15, -0.1) is 0 Å². The third kappa shape index (κ3) is 9.22. The fraction of sp³-hybridized carbons (Fsp3) is 0.458. The van der Waals surface area contributed by atoms with E-state index in [1.54, 1.807) is 28.4 Å². The summed E-state index contributed by atoms with van der Waals surface area (Å²) in [6.07, 6.45) is 4.42. The van der Waals surface area contributed by atoms with Crippen LogP contribution in [-0.2, 0) is 32.0 Å². The molecule has 0 radical (unpaired) electrons. The molecule has 18 nitrogen and oxygen atoms in total. The molecule has 2 aromatic carbocycles. The first-order chi connectivity index (χ1) is 31.6. The van der Waals surface area contributed by atoms with E-state index in [4.69, 9.17) is 38.6 Å². The molecule has 2 aliphatic rings. The zero-order chi connectivity index (χ0) is 47.5. The van der Waals surface area contributed by atoms with Crippen LogP contribution in [-0.4, -0.2) is 119 Å². The monoisotopic (exact) mass is 910 g/mol. The maximum Gasteiger partial charge on any atom is 0.341 e. The molecule has 0 bridgehead atoms. The number of carbonyl (C=O) groups is 2.